The van der Waals surface area contributed by atoms with E-state index < -0.39 is 0 Å². The van der Waals surface area contributed by atoms with E-state index in [2.05, 4.69) is 30.5 Å². The van der Waals surface area contributed by atoms with E-state index in [0.29, 0.717) is 12.2 Å². The first-order valence-electron chi connectivity index (χ1n) is 7.04. The Morgan fingerprint density at radius 3 is 2.36 bits per heavy atom. The van der Waals surface area contributed by atoms with Crippen molar-refractivity contribution in [3.8, 4) is 11.1 Å². The van der Waals surface area contributed by atoms with Crippen LogP contribution in [0.5, 0.6) is 0 Å². The van der Waals surface area contributed by atoms with Gasteiger partial charge in [-0.15, -0.1) is 11.8 Å². The highest BCUT2D eigenvalue weighted by Crippen LogP contribution is 2.27. The first kappa shape index (κ1) is 16.6. The Bertz CT molecular complexity index is 651. The molecule has 0 unspecified atom stereocenters. The van der Waals surface area contributed by atoms with Crippen LogP contribution >= 0.6 is 11.8 Å². The van der Waals surface area contributed by atoms with Crippen molar-refractivity contribution in [2.75, 3.05) is 27.5 Å². The second-order valence-corrected chi connectivity index (χ2v) is 6.11. The molecule has 0 aliphatic rings. The predicted octanol–water partition coefficient (Wildman–Crippen LogP) is 3.92. The number of carbonyl (C=O) groups is 1. The van der Waals surface area contributed by atoms with Gasteiger partial charge in [0.15, 0.2) is 0 Å². The maximum Gasteiger partial charge on any atom is 0.253 e. The minimum atomic E-state index is 0.00151. The molecule has 0 aliphatic carbocycles. The van der Waals surface area contributed by atoms with Crippen molar-refractivity contribution in [3.05, 3.63) is 53.6 Å². The Morgan fingerprint density at radius 1 is 1.14 bits per heavy atom. The number of nitrogens with zero attached hydrogens (tertiary/aromatic N) is 1. The first-order chi connectivity index (χ1) is 10.6. The number of ether oxygens (including phenoxy) is 1. The van der Waals surface area contributed by atoms with Crippen molar-refractivity contribution in [3.63, 3.8) is 0 Å². The molecule has 0 saturated heterocycles. The largest absolute Gasteiger partial charge is 0.380 e. The van der Waals surface area contributed by atoms with E-state index >= 15 is 0 Å². The van der Waals surface area contributed by atoms with Crippen LogP contribution in [-0.2, 0) is 11.3 Å². The molecule has 22 heavy (non-hydrogen) atoms. The summed E-state index contributed by atoms with van der Waals surface area (Å²) in [6.07, 6.45) is 2.06. The smallest absolute Gasteiger partial charge is 0.253 e. The predicted molar refractivity (Wildman–Crippen MR) is 92.4 cm³/mol. The number of hydrogen-bond acceptors (Lipinski definition) is 3. The third-order valence-electron chi connectivity index (χ3n) is 3.46. The highest BCUT2D eigenvalue weighted by Gasteiger charge is 2.12. The highest BCUT2D eigenvalue weighted by atomic mass is 32.2. The van der Waals surface area contributed by atoms with Crippen molar-refractivity contribution < 1.29 is 9.53 Å². The normalized spacial score (nSPS) is 10.5. The van der Waals surface area contributed by atoms with Crippen LogP contribution < -0.4 is 0 Å². The molecule has 4 heteroatoms. The molecule has 0 aliphatic heterocycles. The molecular formula is C18H21NO2S. The van der Waals surface area contributed by atoms with Crippen LogP contribution in [0.15, 0.2) is 47.4 Å². The maximum atomic E-state index is 12.1. The van der Waals surface area contributed by atoms with E-state index in [0.717, 1.165) is 16.7 Å². The van der Waals surface area contributed by atoms with Gasteiger partial charge in [0.2, 0.25) is 0 Å². The molecule has 2 aromatic rings. The molecule has 0 bridgehead atoms. The van der Waals surface area contributed by atoms with Gasteiger partial charge in [-0.2, -0.15) is 0 Å². The fraction of sp³-hybridized carbons (Fsp3) is 0.278. The molecule has 0 atom stereocenters. The number of hydrogen-bond donors (Lipinski definition) is 0. The molecule has 0 aromatic heterocycles. The number of methoxy groups -OCH3 is 1. The zero-order valence-electron chi connectivity index (χ0n) is 13.4. The summed E-state index contributed by atoms with van der Waals surface area (Å²) in [5, 5.41) is 0. The van der Waals surface area contributed by atoms with Gasteiger partial charge in [0.25, 0.3) is 5.91 Å². The van der Waals surface area contributed by atoms with Gasteiger partial charge in [-0.25, -0.2) is 0 Å². The average molecular weight is 315 g/mol. The molecule has 0 heterocycles. The summed E-state index contributed by atoms with van der Waals surface area (Å²) >= 11 is 1.72. The molecular weight excluding hydrogens is 294 g/mol. The second-order valence-electron chi connectivity index (χ2n) is 5.23. The first-order valence-corrected chi connectivity index (χ1v) is 8.27. The standard InChI is InChI=1S/C18H21NO2S/c1-19(2)18(20)14-7-10-17(15(11-14)12-21-3)13-5-8-16(22-4)9-6-13/h5-11H,12H2,1-4H3. The zero-order chi connectivity index (χ0) is 16.1. The van der Waals surface area contributed by atoms with Gasteiger partial charge in [0.05, 0.1) is 6.61 Å². The summed E-state index contributed by atoms with van der Waals surface area (Å²) in [5.41, 5.74) is 3.94. The molecule has 0 saturated carbocycles. The average Bonchev–Trinajstić information content (AvgIpc) is 2.54. The summed E-state index contributed by atoms with van der Waals surface area (Å²) in [4.78, 5) is 14.9. The van der Waals surface area contributed by atoms with Crippen LogP contribution in [0.3, 0.4) is 0 Å². The molecule has 0 spiro atoms. The van der Waals surface area contributed by atoms with E-state index in [1.807, 2.05) is 18.2 Å². The topological polar surface area (TPSA) is 29.5 Å². The van der Waals surface area contributed by atoms with Crippen LogP contribution in [0.1, 0.15) is 15.9 Å². The Balaban J connectivity index is 2.43. The summed E-state index contributed by atoms with van der Waals surface area (Å²) in [6, 6.07) is 14.2. The fourth-order valence-electron chi connectivity index (χ4n) is 2.31. The van der Waals surface area contributed by atoms with Gasteiger partial charge in [-0.1, -0.05) is 18.2 Å². The molecule has 2 aromatic carbocycles. The lowest BCUT2D eigenvalue weighted by Crippen LogP contribution is -2.21. The Kier molecular flexibility index (Phi) is 5.63. The van der Waals surface area contributed by atoms with Crippen molar-refractivity contribution in [2.45, 2.75) is 11.5 Å². The molecule has 0 fully saturated rings. The fourth-order valence-corrected chi connectivity index (χ4v) is 2.72. The minimum absolute atomic E-state index is 0.00151. The Labute approximate surface area is 136 Å². The monoisotopic (exact) mass is 315 g/mol. The minimum Gasteiger partial charge on any atom is -0.380 e. The van der Waals surface area contributed by atoms with E-state index in [-0.39, 0.29) is 5.91 Å². The zero-order valence-corrected chi connectivity index (χ0v) is 14.2. The lowest BCUT2D eigenvalue weighted by atomic mass is 9.97. The van der Waals surface area contributed by atoms with E-state index in [1.54, 1.807) is 37.9 Å². The number of carbonyl (C=O) groups excluding carboxylic acids is 1. The van der Waals surface area contributed by atoms with Gasteiger partial charge in [-0.3, -0.25) is 4.79 Å². The SMILES string of the molecule is COCc1cc(C(=O)N(C)C)ccc1-c1ccc(SC)cc1. The lowest BCUT2D eigenvalue weighted by molar-refractivity contribution is 0.0827. The van der Waals surface area contributed by atoms with Crippen molar-refractivity contribution in [1.29, 1.82) is 0 Å². The van der Waals surface area contributed by atoms with E-state index in [1.165, 1.54) is 4.90 Å². The van der Waals surface area contributed by atoms with Gasteiger partial charge in [0, 0.05) is 31.7 Å². The summed E-state index contributed by atoms with van der Waals surface area (Å²) in [6.45, 7) is 0.480. The molecule has 0 radical (unpaired) electrons. The Morgan fingerprint density at radius 2 is 1.82 bits per heavy atom. The van der Waals surface area contributed by atoms with Crippen LogP contribution in [0.2, 0.25) is 0 Å². The van der Waals surface area contributed by atoms with Gasteiger partial charge < -0.3 is 9.64 Å². The third kappa shape index (κ3) is 3.70. The van der Waals surface area contributed by atoms with Gasteiger partial charge in [-0.05, 0) is 47.2 Å². The molecule has 0 N–H and O–H groups in total. The van der Waals surface area contributed by atoms with Crippen LogP contribution in [0.25, 0.3) is 11.1 Å². The quantitative estimate of drug-likeness (QED) is 0.783. The molecule has 116 valence electrons. The highest BCUT2D eigenvalue weighted by molar-refractivity contribution is 7.98. The molecule has 2 rings (SSSR count). The third-order valence-corrected chi connectivity index (χ3v) is 4.20. The lowest BCUT2D eigenvalue weighted by Gasteiger charge is -2.14. The summed E-state index contributed by atoms with van der Waals surface area (Å²) in [7, 11) is 5.18. The second kappa shape index (κ2) is 7.47. The van der Waals surface area contributed by atoms with Gasteiger partial charge in [0.1, 0.15) is 0 Å². The van der Waals surface area contributed by atoms with E-state index in [9.17, 15) is 4.79 Å². The summed E-state index contributed by atoms with van der Waals surface area (Å²) in [5.74, 6) is 0.00151. The number of thioether (sulfide) groups is 1. The van der Waals surface area contributed by atoms with Gasteiger partial charge >= 0.3 is 0 Å². The van der Waals surface area contributed by atoms with Crippen LogP contribution in [0.4, 0.5) is 0 Å². The van der Waals surface area contributed by atoms with Crippen molar-refractivity contribution in [1.82, 2.24) is 4.90 Å². The number of amides is 1. The molecule has 1 amide bonds. The Hall–Kier alpha value is -1.78. The van der Waals surface area contributed by atoms with Crippen LogP contribution in [-0.4, -0.2) is 38.3 Å². The summed E-state index contributed by atoms with van der Waals surface area (Å²) < 4.78 is 5.30. The van der Waals surface area contributed by atoms with Crippen molar-refractivity contribution in [2.24, 2.45) is 0 Å². The van der Waals surface area contributed by atoms with Crippen molar-refractivity contribution >= 4 is 17.7 Å². The maximum absolute atomic E-state index is 12.1. The van der Waals surface area contributed by atoms with Crippen LogP contribution in [0, 0.1) is 0 Å². The van der Waals surface area contributed by atoms with E-state index in [4.69, 9.17) is 4.74 Å². The molecule has 3 nitrogen and oxygen atoms in total. The number of benzene rings is 2. The number of rotatable bonds is 5.